The molecule has 0 unspecified atom stereocenters. The summed E-state index contributed by atoms with van der Waals surface area (Å²) in [4.78, 5) is 17.1. The smallest absolute Gasteiger partial charge is 0.162 e. The van der Waals surface area contributed by atoms with Gasteiger partial charge in [-0.25, -0.2) is 0 Å². The highest BCUT2D eigenvalue weighted by Gasteiger charge is 2.41. The van der Waals surface area contributed by atoms with Crippen molar-refractivity contribution in [3.63, 3.8) is 0 Å². The molecule has 0 atom stereocenters. The van der Waals surface area contributed by atoms with Crippen LogP contribution in [0.3, 0.4) is 0 Å². The molecule has 0 aliphatic carbocycles. The fraction of sp³-hybridized carbons (Fsp3) is 0.367. The third kappa shape index (κ3) is 5.40. The molecule has 0 saturated carbocycles. The van der Waals surface area contributed by atoms with E-state index in [0.717, 1.165) is 61.3 Å². The van der Waals surface area contributed by atoms with Gasteiger partial charge in [0.05, 0.1) is 0 Å². The van der Waals surface area contributed by atoms with Crippen molar-refractivity contribution in [2.24, 2.45) is 5.92 Å². The maximum absolute atomic E-state index is 12.6. The van der Waals surface area contributed by atoms with Crippen LogP contribution in [-0.2, 0) is 5.60 Å². The van der Waals surface area contributed by atoms with E-state index in [2.05, 4.69) is 4.90 Å². The van der Waals surface area contributed by atoms with E-state index in [9.17, 15) is 9.90 Å². The van der Waals surface area contributed by atoms with Gasteiger partial charge in [0.15, 0.2) is 5.78 Å². The highest BCUT2D eigenvalue weighted by Crippen LogP contribution is 2.41. The Morgan fingerprint density at radius 2 is 1.41 bits per heavy atom. The van der Waals surface area contributed by atoms with E-state index in [1.807, 2.05) is 104 Å². The first-order valence-electron chi connectivity index (χ1n) is 12.3. The van der Waals surface area contributed by atoms with Crippen LogP contribution >= 0.6 is 0 Å². The van der Waals surface area contributed by atoms with Gasteiger partial charge in [-0.3, -0.25) is 4.79 Å². The molecule has 1 N–H and O–H groups in total. The summed E-state index contributed by atoms with van der Waals surface area (Å²) in [6.45, 7) is 2.81. The quantitative estimate of drug-likeness (QED) is 0.440. The zero-order valence-electron chi connectivity index (χ0n) is 20.4. The first kappa shape index (κ1) is 24.2. The number of nitrogens with zero attached hydrogens (tertiary/aromatic N) is 2. The summed E-state index contributed by atoms with van der Waals surface area (Å²) in [5, 5.41) is 12.0. The van der Waals surface area contributed by atoms with E-state index in [4.69, 9.17) is 0 Å². The topological polar surface area (TPSA) is 43.8 Å². The van der Waals surface area contributed by atoms with Crippen molar-refractivity contribution in [1.29, 1.82) is 0 Å². The monoisotopic (exact) mass is 456 g/mol. The average Bonchev–Trinajstić information content (AvgIpc) is 2.89. The molecule has 4 heteroatoms. The summed E-state index contributed by atoms with van der Waals surface area (Å²) < 4.78 is 0. The Morgan fingerprint density at radius 1 is 0.882 bits per heavy atom. The minimum absolute atomic E-state index is 0.158. The number of ketones is 1. The second-order valence-electron chi connectivity index (χ2n) is 9.58. The van der Waals surface area contributed by atoms with E-state index in [1.54, 1.807) is 0 Å². The summed E-state index contributed by atoms with van der Waals surface area (Å²) in [5.41, 5.74) is 2.84. The van der Waals surface area contributed by atoms with Gasteiger partial charge in [-0.2, -0.15) is 0 Å². The van der Waals surface area contributed by atoms with E-state index in [0.29, 0.717) is 6.42 Å². The van der Waals surface area contributed by atoms with Crippen molar-refractivity contribution in [3.05, 3.63) is 102 Å². The first-order valence-corrected chi connectivity index (χ1v) is 12.3. The maximum atomic E-state index is 12.6. The predicted molar refractivity (Wildman–Crippen MR) is 139 cm³/mol. The van der Waals surface area contributed by atoms with Gasteiger partial charge in [0.2, 0.25) is 0 Å². The second-order valence-corrected chi connectivity index (χ2v) is 9.58. The fourth-order valence-corrected chi connectivity index (χ4v) is 5.15. The number of aliphatic hydroxyl groups is 1. The van der Waals surface area contributed by atoms with Crippen molar-refractivity contribution in [1.82, 2.24) is 4.90 Å². The van der Waals surface area contributed by atoms with Crippen molar-refractivity contribution in [3.8, 4) is 0 Å². The largest absolute Gasteiger partial charge is 0.380 e. The van der Waals surface area contributed by atoms with Crippen LogP contribution in [-0.4, -0.2) is 49.5 Å². The maximum Gasteiger partial charge on any atom is 0.162 e. The zero-order valence-corrected chi connectivity index (χ0v) is 20.4. The third-order valence-corrected chi connectivity index (χ3v) is 7.19. The number of anilines is 1. The number of hydrogen-bond donors (Lipinski definition) is 1. The molecule has 178 valence electrons. The van der Waals surface area contributed by atoms with E-state index in [1.165, 1.54) is 0 Å². The molecule has 34 heavy (non-hydrogen) atoms. The number of carbonyl (C=O) groups is 1. The molecule has 1 saturated heterocycles. The predicted octanol–water partition coefficient (Wildman–Crippen LogP) is 5.36. The number of benzene rings is 3. The SMILES string of the molecule is CN(C)c1ccc(C(=O)CCCN2CCC(C(O)(c3ccccc3)c3ccccc3)CC2)cc1. The molecule has 0 aromatic heterocycles. The molecular formula is C30H36N2O2. The van der Waals surface area contributed by atoms with Gasteiger partial charge in [-0.05, 0) is 80.2 Å². The lowest BCUT2D eigenvalue weighted by atomic mass is 9.72. The Balaban J connectivity index is 1.33. The first-order chi connectivity index (χ1) is 16.5. The van der Waals surface area contributed by atoms with Gasteiger partial charge in [0, 0.05) is 31.8 Å². The number of piperidine rings is 1. The summed E-state index contributed by atoms with van der Waals surface area (Å²) in [7, 11) is 4.00. The summed E-state index contributed by atoms with van der Waals surface area (Å²) in [5.74, 6) is 0.369. The van der Waals surface area contributed by atoms with Gasteiger partial charge in [0.25, 0.3) is 0 Å². The van der Waals surface area contributed by atoms with Crippen molar-refractivity contribution >= 4 is 11.5 Å². The molecule has 1 aliphatic heterocycles. The molecule has 0 bridgehead atoms. The number of likely N-dealkylation sites (tertiary alicyclic amines) is 1. The van der Waals surface area contributed by atoms with Crippen molar-refractivity contribution in [2.75, 3.05) is 38.6 Å². The second kappa shape index (κ2) is 11.0. The van der Waals surface area contributed by atoms with Crippen molar-refractivity contribution < 1.29 is 9.90 Å². The van der Waals surface area contributed by atoms with E-state index >= 15 is 0 Å². The standard InChI is InChI=1S/C30H36N2O2/c1-31(2)28-17-15-24(16-18-28)29(33)14-9-21-32-22-19-27(20-23-32)30(34,25-10-5-3-6-11-25)26-12-7-4-8-13-26/h3-8,10-13,15-18,27,34H,9,14,19-23H2,1-2H3. The summed E-state index contributed by atoms with van der Waals surface area (Å²) in [6, 6.07) is 28.0. The van der Waals surface area contributed by atoms with Gasteiger partial charge in [-0.15, -0.1) is 0 Å². The van der Waals surface area contributed by atoms with E-state index in [-0.39, 0.29) is 11.7 Å². The molecule has 0 spiro atoms. The molecular weight excluding hydrogens is 420 g/mol. The number of Topliss-reactive ketones (excluding diaryl/α,β-unsaturated/α-hetero) is 1. The van der Waals surface area contributed by atoms with Gasteiger partial charge in [-0.1, -0.05) is 60.7 Å². The van der Waals surface area contributed by atoms with Crippen LogP contribution in [0.4, 0.5) is 5.69 Å². The number of carbonyl (C=O) groups excluding carboxylic acids is 1. The molecule has 0 amide bonds. The summed E-state index contributed by atoms with van der Waals surface area (Å²) >= 11 is 0. The van der Waals surface area contributed by atoms with Gasteiger partial charge >= 0.3 is 0 Å². The summed E-state index contributed by atoms with van der Waals surface area (Å²) in [6.07, 6.45) is 3.29. The normalized spacial score (nSPS) is 15.3. The van der Waals surface area contributed by atoms with Crippen LogP contribution < -0.4 is 4.90 Å². The molecule has 4 rings (SSSR count). The Morgan fingerprint density at radius 3 is 1.91 bits per heavy atom. The molecule has 3 aromatic rings. The minimum Gasteiger partial charge on any atom is -0.380 e. The average molecular weight is 457 g/mol. The number of rotatable bonds is 9. The fourth-order valence-electron chi connectivity index (χ4n) is 5.15. The molecule has 1 fully saturated rings. The minimum atomic E-state index is -0.983. The molecule has 1 heterocycles. The Bertz CT molecular complexity index is 1000. The lowest BCUT2D eigenvalue weighted by Gasteiger charge is -2.42. The highest BCUT2D eigenvalue weighted by molar-refractivity contribution is 5.96. The Labute approximate surface area is 203 Å². The van der Waals surface area contributed by atoms with Crippen LogP contribution in [0.5, 0.6) is 0 Å². The third-order valence-electron chi connectivity index (χ3n) is 7.19. The molecule has 0 radical (unpaired) electrons. The van der Waals surface area contributed by atoms with Crippen LogP contribution in [0.15, 0.2) is 84.9 Å². The van der Waals surface area contributed by atoms with Crippen molar-refractivity contribution in [2.45, 2.75) is 31.3 Å². The van der Waals surface area contributed by atoms with Crippen LogP contribution in [0, 0.1) is 5.92 Å². The zero-order chi connectivity index (χ0) is 24.0. The van der Waals surface area contributed by atoms with Crippen LogP contribution in [0.1, 0.15) is 47.2 Å². The highest BCUT2D eigenvalue weighted by atomic mass is 16.3. The molecule has 1 aliphatic rings. The van der Waals surface area contributed by atoms with Gasteiger partial charge < -0.3 is 14.9 Å². The molecule has 4 nitrogen and oxygen atoms in total. The van der Waals surface area contributed by atoms with Crippen LogP contribution in [0.25, 0.3) is 0 Å². The Kier molecular flexibility index (Phi) is 7.81. The lowest BCUT2D eigenvalue weighted by Crippen LogP contribution is -2.44. The lowest BCUT2D eigenvalue weighted by molar-refractivity contribution is -0.0142. The van der Waals surface area contributed by atoms with E-state index < -0.39 is 5.60 Å². The molecule has 3 aromatic carbocycles. The van der Waals surface area contributed by atoms with Crippen LogP contribution in [0.2, 0.25) is 0 Å². The van der Waals surface area contributed by atoms with Gasteiger partial charge in [0.1, 0.15) is 5.60 Å². The number of hydrogen-bond acceptors (Lipinski definition) is 4. The Hall–Kier alpha value is -2.95.